The summed E-state index contributed by atoms with van der Waals surface area (Å²) in [5.74, 6) is 0.215. The maximum Gasteiger partial charge on any atom is 0.389 e. The summed E-state index contributed by atoms with van der Waals surface area (Å²) in [4.78, 5) is 3.88. The van der Waals surface area contributed by atoms with E-state index in [1.807, 2.05) is 20.8 Å². The normalized spacial score (nSPS) is 15.0. The van der Waals surface area contributed by atoms with Crippen LogP contribution in [-0.2, 0) is 6.42 Å². The summed E-state index contributed by atoms with van der Waals surface area (Å²) in [6.45, 7) is 5.66. The van der Waals surface area contributed by atoms with Crippen molar-refractivity contribution in [3.8, 4) is 0 Å². The van der Waals surface area contributed by atoms with E-state index in [1.54, 1.807) is 0 Å². The van der Waals surface area contributed by atoms with Gasteiger partial charge in [0, 0.05) is 6.42 Å². The van der Waals surface area contributed by atoms with Gasteiger partial charge in [-0.1, -0.05) is 25.9 Å². The van der Waals surface area contributed by atoms with E-state index in [4.69, 9.17) is 10.3 Å². The molecule has 1 rings (SSSR count). The number of alkyl halides is 3. The molecule has 1 aromatic rings. The minimum atomic E-state index is -4.22. The Morgan fingerprint density at radius 3 is 2.35 bits per heavy atom. The number of nitrogens with two attached hydrogens (primary N) is 1. The molecule has 0 aromatic carbocycles. The van der Waals surface area contributed by atoms with Crippen LogP contribution in [0.15, 0.2) is 4.52 Å². The molecule has 0 bridgehead atoms. The van der Waals surface area contributed by atoms with Gasteiger partial charge in [0.2, 0.25) is 5.89 Å². The summed E-state index contributed by atoms with van der Waals surface area (Å²) in [6.07, 6.45) is -5.46. The second kappa shape index (κ2) is 4.64. The average Bonchev–Trinajstić information content (AvgIpc) is 2.59. The number of halogens is 3. The third kappa shape index (κ3) is 4.33. The van der Waals surface area contributed by atoms with Gasteiger partial charge in [0.05, 0.1) is 12.5 Å². The van der Waals surface area contributed by atoms with Crippen LogP contribution in [0.1, 0.15) is 44.9 Å². The van der Waals surface area contributed by atoms with Gasteiger partial charge in [-0.05, 0) is 5.41 Å². The molecule has 0 spiro atoms. The Morgan fingerprint density at radius 2 is 1.88 bits per heavy atom. The lowest BCUT2D eigenvalue weighted by Crippen LogP contribution is -2.26. The van der Waals surface area contributed by atoms with Crippen LogP contribution < -0.4 is 5.73 Å². The molecule has 0 aliphatic heterocycles. The first-order chi connectivity index (χ1) is 7.59. The van der Waals surface area contributed by atoms with Crippen molar-refractivity contribution < 1.29 is 17.7 Å². The highest BCUT2D eigenvalue weighted by atomic mass is 19.4. The van der Waals surface area contributed by atoms with Crippen molar-refractivity contribution in [1.82, 2.24) is 10.1 Å². The maximum absolute atomic E-state index is 12.0. The minimum Gasteiger partial charge on any atom is -0.338 e. The van der Waals surface area contributed by atoms with Crippen molar-refractivity contribution in [3.63, 3.8) is 0 Å². The fourth-order valence-electron chi connectivity index (χ4n) is 1.12. The van der Waals surface area contributed by atoms with E-state index >= 15 is 0 Å². The molecule has 98 valence electrons. The third-order valence-corrected chi connectivity index (χ3v) is 2.31. The van der Waals surface area contributed by atoms with Gasteiger partial charge in [-0.3, -0.25) is 0 Å². The number of aromatic nitrogens is 2. The van der Waals surface area contributed by atoms with Crippen LogP contribution >= 0.6 is 0 Å². The predicted octanol–water partition coefficient (Wildman–Crippen LogP) is 2.61. The number of rotatable bonds is 3. The zero-order chi connectivity index (χ0) is 13.3. The first-order valence-corrected chi connectivity index (χ1v) is 5.24. The maximum atomic E-state index is 12.0. The lowest BCUT2D eigenvalue weighted by atomic mass is 9.87. The second-order valence-electron chi connectivity index (χ2n) is 5.01. The SMILES string of the molecule is CC(C)(C)[C@@H](N)c1nc(CCC(F)(F)F)no1. The highest BCUT2D eigenvalue weighted by Gasteiger charge is 2.30. The minimum absolute atomic E-state index is 0.0389. The quantitative estimate of drug-likeness (QED) is 0.896. The van der Waals surface area contributed by atoms with Crippen LogP contribution in [0, 0.1) is 5.41 Å². The third-order valence-electron chi connectivity index (χ3n) is 2.31. The molecule has 0 radical (unpaired) electrons. The van der Waals surface area contributed by atoms with Crippen LogP contribution in [0.3, 0.4) is 0 Å². The van der Waals surface area contributed by atoms with Gasteiger partial charge in [-0.25, -0.2) is 0 Å². The summed E-state index contributed by atoms with van der Waals surface area (Å²) < 4.78 is 40.8. The molecule has 0 saturated carbocycles. The molecular formula is C10H16F3N3O. The molecule has 1 aromatic heterocycles. The van der Waals surface area contributed by atoms with Crippen molar-refractivity contribution in [1.29, 1.82) is 0 Å². The summed E-state index contributed by atoms with van der Waals surface area (Å²) in [7, 11) is 0. The van der Waals surface area contributed by atoms with E-state index in [2.05, 4.69) is 10.1 Å². The monoisotopic (exact) mass is 251 g/mol. The summed E-state index contributed by atoms with van der Waals surface area (Å²) >= 11 is 0. The molecule has 1 atom stereocenters. The van der Waals surface area contributed by atoms with Gasteiger partial charge in [0.25, 0.3) is 0 Å². The van der Waals surface area contributed by atoms with E-state index in [0.29, 0.717) is 0 Å². The van der Waals surface area contributed by atoms with Crippen LogP contribution in [0.25, 0.3) is 0 Å². The van der Waals surface area contributed by atoms with Gasteiger partial charge < -0.3 is 10.3 Å². The van der Waals surface area contributed by atoms with Gasteiger partial charge in [-0.2, -0.15) is 18.2 Å². The molecule has 4 nitrogen and oxygen atoms in total. The first-order valence-electron chi connectivity index (χ1n) is 5.24. The van der Waals surface area contributed by atoms with Crippen molar-refractivity contribution in [3.05, 3.63) is 11.7 Å². The Morgan fingerprint density at radius 1 is 1.29 bits per heavy atom. The number of nitrogens with zero attached hydrogens (tertiary/aromatic N) is 2. The highest BCUT2D eigenvalue weighted by Crippen LogP contribution is 2.29. The van der Waals surface area contributed by atoms with Crippen LogP contribution in [0.4, 0.5) is 13.2 Å². The summed E-state index contributed by atoms with van der Waals surface area (Å²) in [5, 5.41) is 3.49. The molecule has 2 N–H and O–H groups in total. The zero-order valence-electron chi connectivity index (χ0n) is 10.0. The largest absolute Gasteiger partial charge is 0.389 e. The molecule has 0 amide bonds. The number of hydrogen-bond donors (Lipinski definition) is 1. The Balaban J connectivity index is 2.66. The van der Waals surface area contributed by atoms with Gasteiger partial charge in [0.15, 0.2) is 5.82 Å². The molecule has 17 heavy (non-hydrogen) atoms. The number of aryl methyl sites for hydroxylation is 1. The van der Waals surface area contributed by atoms with Gasteiger partial charge in [-0.15, -0.1) is 0 Å². The van der Waals surface area contributed by atoms with E-state index < -0.39 is 18.6 Å². The summed E-state index contributed by atoms with van der Waals surface area (Å²) in [6, 6.07) is -0.491. The Hall–Kier alpha value is -1.11. The van der Waals surface area contributed by atoms with Crippen LogP contribution in [0.5, 0.6) is 0 Å². The smallest absolute Gasteiger partial charge is 0.338 e. The molecular weight excluding hydrogens is 235 g/mol. The van der Waals surface area contributed by atoms with E-state index in [9.17, 15) is 13.2 Å². The van der Waals surface area contributed by atoms with Crippen LogP contribution in [0.2, 0.25) is 0 Å². The van der Waals surface area contributed by atoms with E-state index in [-0.39, 0.29) is 23.6 Å². The lowest BCUT2D eigenvalue weighted by molar-refractivity contribution is -0.134. The molecule has 0 aliphatic carbocycles. The molecule has 1 heterocycles. The molecule has 0 aliphatic rings. The highest BCUT2D eigenvalue weighted by molar-refractivity contribution is 4.96. The summed E-state index contributed by atoms with van der Waals surface area (Å²) in [5.41, 5.74) is 5.56. The van der Waals surface area contributed by atoms with Crippen molar-refractivity contribution in [2.24, 2.45) is 11.1 Å². The van der Waals surface area contributed by atoms with E-state index in [1.165, 1.54) is 0 Å². The molecule has 0 saturated heterocycles. The van der Waals surface area contributed by atoms with Crippen molar-refractivity contribution in [2.75, 3.05) is 0 Å². The predicted molar refractivity (Wildman–Crippen MR) is 55.1 cm³/mol. The lowest BCUT2D eigenvalue weighted by Gasteiger charge is -2.23. The molecule has 0 fully saturated rings. The zero-order valence-corrected chi connectivity index (χ0v) is 10.0. The standard InChI is InChI=1S/C10H16F3N3O/c1-9(2,3)7(14)8-15-6(16-17-8)4-5-10(11,12)13/h7H,4-5,14H2,1-3H3/t7-/m0/s1. The fraction of sp³-hybridized carbons (Fsp3) is 0.800. The fourth-order valence-corrected chi connectivity index (χ4v) is 1.12. The second-order valence-corrected chi connectivity index (χ2v) is 5.01. The topological polar surface area (TPSA) is 64.9 Å². The first kappa shape index (κ1) is 14.0. The van der Waals surface area contributed by atoms with Crippen molar-refractivity contribution in [2.45, 2.75) is 45.8 Å². The Labute approximate surface area is 97.4 Å². The molecule has 7 heteroatoms. The number of hydrogen-bond acceptors (Lipinski definition) is 4. The van der Waals surface area contributed by atoms with Gasteiger partial charge in [0.1, 0.15) is 0 Å². The molecule has 0 unspecified atom stereocenters. The van der Waals surface area contributed by atoms with Crippen LogP contribution in [-0.4, -0.2) is 16.3 Å². The Bertz CT molecular complexity index is 368. The average molecular weight is 251 g/mol. The van der Waals surface area contributed by atoms with E-state index in [0.717, 1.165) is 0 Å². The Kier molecular flexibility index (Phi) is 3.81. The van der Waals surface area contributed by atoms with Gasteiger partial charge >= 0.3 is 6.18 Å². The van der Waals surface area contributed by atoms with Crippen molar-refractivity contribution >= 4 is 0 Å².